The molecule has 2 aromatic carbocycles. The zero-order valence-corrected chi connectivity index (χ0v) is 16.7. The Morgan fingerprint density at radius 2 is 1.61 bits per heavy atom. The van der Waals surface area contributed by atoms with E-state index >= 15 is 0 Å². The van der Waals surface area contributed by atoms with E-state index in [-0.39, 0.29) is 12.7 Å². The molecule has 0 unspecified atom stereocenters. The summed E-state index contributed by atoms with van der Waals surface area (Å²) in [6, 6.07) is 20.0. The highest BCUT2D eigenvalue weighted by atomic mass is 16.6. The Labute approximate surface area is 167 Å². The number of allylic oxidation sites excluding steroid dienone is 1. The lowest BCUT2D eigenvalue weighted by atomic mass is 10.1. The van der Waals surface area contributed by atoms with Crippen LogP contribution in [0, 0.1) is 5.92 Å². The molecular formula is C24H30O4. The number of aliphatic hydroxyl groups excluding tert-OH is 1. The second-order valence-electron chi connectivity index (χ2n) is 7.57. The molecule has 1 saturated heterocycles. The van der Waals surface area contributed by atoms with Crippen molar-refractivity contribution >= 4 is 0 Å². The summed E-state index contributed by atoms with van der Waals surface area (Å²) in [6.07, 6.45) is 1.40. The topological polar surface area (TPSA) is 47.9 Å². The van der Waals surface area contributed by atoms with Crippen molar-refractivity contribution in [3.63, 3.8) is 0 Å². The summed E-state index contributed by atoms with van der Waals surface area (Å²) in [4.78, 5) is 0. The van der Waals surface area contributed by atoms with Crippen molar-refractivity contribution in [1.82, 2.24) is 0 Å². The Balaban J connectivity index is 1.57. The molecule has 1 aliphatic heterocycles. The lowest BCUT2D eigenvalue weighted by molar-refractivity contribution is -0.0932. The fraction of sp³-hybridized carbons (Fsp3) is 0.417. The Morgan fingerprint density at radius 1 is 1.00 bits per heavy atom. The van der Waals surface area contributed by atoms with Gasteiger partial charge in [-0.3, -0.25) is 0 Å². The molecule has 3 atom stereocenters. The minimum Gasteiger partial charge on any atom is -0.489 e. The summed E-state index contributed by atoms with van der Waals surface area (Å²) >= 11 is 0. The maximum atomic E-state index is 10.7. The molecule has 2 aromatic rings. The molecule has 0 spiro atoms. The molecule has 28 heavy (non-hydrogen) atoms. The van der Waals surface area contributed by atoms with E-state index in [4.69, 9.17) is 14.2 Å². The minimum absolute atomic E-state index is 0.194. The van der Waals surface area contributed by atoms with Crippen LogP contribution in [0.25, 0.3) is 0 Å². The van der Waals surface area contributed by atoms with Crippen LogP contribution in [0.3, 0.4) is 0 Å². The van der Waals surface area contributed by atoms with Gasteiger partial charge in [0.25, 0.3) is 0 Å². The molecule has 0 aromatic heterocycles. The third kappa shape index (κ3) is 6.20. The first-order chi connectivity index (χ1) is 13.6. The summed E-state index contributed by atoms with van der Waals surface area (Å²) in [5.74, 6) is 1.27. The van der Waals surface area contributed by atoms with E-state index in [0.717, 1.165) is 16.9 Å². The van der Waals surface area contributed by atoms with Gasteiger partial charge >= 0.3 is 0 Å². The smallest absolute Gasteiger partial charge is 0.153 e. The molecule has 0 amide bonds. The number of hydrogen-bond acceptors (Lipinski definition) is 4. The molecule has 1 fully saturated rings. The van der Waals surface area contributed by atoms with Crippen molar-refractivity contribution < 1.29 is 19.3 Å². The van der Waals surface area contributed by atoms with Crippen LogP contribution in [0.4, 0.5) is 0 Å². The first-order valence-electron chi connectivity index (χ1n) is 9.94. The lowest BCUT2D eigenvalue weighted by Crippen LogP contribution is -2.38. The van der Waals surface area contributed by atoms with Crippen molar-refractivity contribution in [2.24, 2.45) is 5.92 Å². The van der Waals surface area contributed by atoms with Crippen molar-refractivity contribution in [3.05, 3.63) is 83.6 Å². The van der Waals surface area contributed by atoms with Gasteiger partial charge in [0.15, 0.2) is 6.10 Å². The summed E-state index contributed by atoms with van der Waals surface area (Å²) in [5.41, 5.74) is 2.19. The van der Waals surface area contributed by atoms with Crippen LogP contribution in [0.15, 0.2) is 72.5 Å². The molecule has 150 valence electrons. The quantitative estimate of drug-likeness (QED) is 0.695. The molecule has 4 nitrogen and oxygen atoms in total. The van der Waals surface area contributed by atoms with E-state index in [1.54, 1.807) is 0 Å². The van der Waals surface area contributed by atoms with Crippen LogP contribution in [0.2, 0.25) is 0 Å². The standard InChI is InChI=1S/C24H30O4/c1-18(2)13-21-14-23(27-16-20-11-7-4-8-12-20)24(28-21)22(25)17-26-15-19-9-5-3-6-10-19/h3-13,18,22-25H,14-17H2,1-2H3/b21-13+/t22-,23-,24+/m1/s1. The number of ether oxygens (including phenoxy) is 3. The highest BCUT2D eigenvalue weighted by molar-refractivity contribution is 5.14. The largest absolute Gasteiger partial charge is 0.489 e. The fourth-order valence-corrected chi connectivity index (χ4v) is 3.32. The van der Waals surface area contributed by atoms with E-state index in [1.807, 2.05) is 60.7 Å². The molecule has 0 radical (unpaired) electrons. The first kappa shape index (κ1) is 20.6. The van der Waals surface area contributed by atoms with Gasteiger partial charge in [-0.05, 0) is 23.1 Å². The van der Waals surface area contributed by atoms with E-state index < -0.39 is 12.2 Å². The second kappa shape index (κ2) is 10.4. The fourth-order valence-electron chi connectivity index (χ4n) is 3.32. The predicted octanol–water partition coefficient (Wildman–Crippen LogP) is 4.48. The minimum atomic E-state index is -0.748. The Morgan fingerprint density at radius 3 is 2.21 bits per heavy atom. The molecule has 1 aliphatic rings. The van der Waals surface area contributed by atoms with E-state index in [1.165, 1.54) is 0 Å². The van der Waals surface area contributed by atoms with Crippen molar-refractivity contribution in [2.75, 3.05) is 6.61 Å². The molecule has 3 rings (SSSR count). The highest BCUT2D eigenvalue weighted by Crippen LogP contribution is 2.30. The summed E-state index contributed by atoms with van der Waals surface area (Å²) < 4.78 is 17.9. The Bertz CT molecular complexity index is 727. The van der Waals surface area contributed by atoms with Crippen molar-refractivity contribution in [1.29, 1.82) is 0 Å². The van der Waals surface area contributed by atoms with Gasteiger partial charge in [0.05, 0.1) is 25.6 Å². The van der Waals surface area contributed by atoms with Gasteiger partial charge in [0.2, 0.25) is 0 Å². The molecule has 1 heterocycles. The second-order valence-corrected chi connectivity index (χ2v) is 7.57. The Hall–Kier alpha value is -2.14. The average molecular weight is 383 g/mol. The zero-order chi connectivity index (χ0) is 19.8. The van der Waals surface area contributed by atoms with Crippen molar-refractivity contribution in [3.8, 4) is 0 Å². The third-order valence-electron chi connectivity index (χ3n) is 4.66. The first-order valence-corrected chi connectivity index (χ1v) is 9.94. The van der Waals surface area contributed by atoms with Gasteiger partial charge in [0.1, 0.15) is 12.2 Å². The van der Waals surface area contributed by atoms with Gasteiger partial charge in [0, 0.05) is 6.42 Å². The normalized spacial score (nSPS) is 21.8. The van der Waals surface area contributed by atoms with Gasteiger partial charge in [-0.1, -0.05) is 74.5 Å². The molecule has 1 N–H and O–H groups in total. The van der Waals surface area contributed by atoms with Crippen LogP contribution in [0.1, 0.15) is 31.4 Å². The van der Waals surface area contributed by atoms with Crippen LogP contribution in [-0.4, -0.2) is 30.0 Å². The summed E-state index contributed by atoms with van der Waals surface area (Å²) in [6.45, 7) is 5.40. The van der Waals surface area contributed by atoms with Crippen LogP contribution in [-0.2, 0) is 27.4 Å². The molecule has 0 aliphatic carbocycles. The maximum absolute atomic E-state index is 10.7. The van der Waals surface area contributed by atoms with Gasteiger partial charge in [-0.25, -0.2) is 0 Å². The van der Waals surface area contributed by atoms with E-state index in [9.17, 15) is 5.11 Å². The van der Waals surface area contributed by atoms with Crippen LogP contribution in [0.5, 0.6) is 0 Å². The SMILES string of the molecule is CC(C)/C=C1\C[C@@H](OCc2ccccc2)[C@H]([C@H](O)COCc2ccccc2)O1. The average Bonchev–Trinajstić information content (AvgIpc) is 3.10. The van der Waals surface area contributed by atoms with Crippen LogP contribution >= 0.6 is 0 Å². The number of aliphatic hydroxyl groups is 1. The number of hydrogen-bond donors (Lipinski definition) is 1. The summed E-state index contributed by atoms with van der Waals surface area (Å²) in [7, 11) is 0. The van der Waals surface area contributed by atoms with Crippen molar-refractivity contribution in [2.45, 2.75) is 51.8 Å². The van der Waals surface area contributed by atoms with Gasteiger partial charge in [-0.2, -0.15) is 0 Å². The number of benzene rings is 2. The number of rotatable bonds is 9. The van der Waals surface area contributed by atoms with E-state index in [0.29, 0.717) is 25.6 Å². The molecular weight excluding hydrogens is 352 g/mol. The predicted molar refractivity (Wildman–Crippen MR) is 110 cm³/mol. The zero-order valence-electron chi connectivity index (χ0n) is 16.7. The highest BCUT2D eigenvalue weighted by Gasteiger charge is 2.38. The molecule has 0 saturated carbocycles. The van der Waals surface area contributed by atoms with E-state index in [2.05, 4.69) is 19.9 Å². The van der Waals surface area contributed by atoms with Gasteiger partial charge < -0.3 is 19.3 Å². The third-order valence-corrected chi connectivity index (χ3v) is 4.66. The monoisotopic (exact) mass is 382 g/mol. The summed E-state index contributed by atoms with van der Waals surface area (Å²) in [5, 5.41) is 10.7. The van der Waals surface area contributed by atoms with Crippen LogP contribution < -0.4 is 0 Å². The maximum Gasteiger partial charge on any atom is 0.153 e. The van der Waals surface area contributed by atoms with Gasteiger partial charge in [-0.15, -0.1) is 0 Å². The molecule has 0 bridgehead atoms. The molecule has 4 heteroatoms. The lowest BCUT2D eigenvalue weighted by Gasteiger charge is -2.23. The Kier molecular flexibility index (Phi) is 7.66.